The van der Waals surface area contributed by atoms with Gasteiger partial charge in [-0.1, -0.05) is 38.0 Å². The Labute approximate surface area is 143 Å². The van der Waals surface area contributed by atoms with Gasteiger partial charge in [-0.2, -0.15) is 0 Å². The van der Waals surface area contributed by atoms with Crippen LogP contribution in [0.5, 0.6) is 0 Å². The largest absolute Gasteiger partial charge is 0.480 e. The van der Waals surface area contributed by atoms with E-state index in [4.69, 9.17) is 5.73 Å². The zero-order valence-electron chi connectivity index (χ0n) is 14.4. The Morgan fingerprint density at radius 1 is 1.17 bits per heavy atom. The summed E-state index contributed by atoms with van der Waals surface area (Å²) >= 11 is 0. The second kappa shape index (κ2) is 11.6. The van der Waals surface area contributed by atoms with Gasteiger partial charge in [0, 0.05) is 5.69 Å². The highest BCUT2D eigenvalue weighted by molar-refractivity contribution is 5.94. The molecule has 0 fully saturated rings. The number of hydrogen-bond donors (Lipinski definition) is 4. The van der Waals surface area contributed by atoms with Gasteiger partial charge in [-0.25, -0.2) is 0 Å². The summed E-state index contributed by atoms with van der Waals surface area (Å²) in [4.78, 5) is 23.5. The van der Waals surface area contributed by atoms with Crippen molar-refractivity contribution < 1.29 is 14.7 Å². The first-order valence-corrected chi connectivity index (χ1v) is 8.62. The molecule has 6 nitrogen and oxygen atoms in total. The molecule has 0 radical (unpaired) electrons. The van der Waals surface area contributed by atoms with Gasteiger partial charge in [-0.3, -0.25) is 9.59 Å². The number of anilines is 1. The molecule has 0 spiro atoms. The summed E-state index contributed by atoms with van der Waals surface area (Å²) in [6.07, 6.45) is 4.64. The quantitative estimate of drug-likeness (QED) is 0.438. The third kappa shape index (κ3) is 7.57. The Morgan fingerprint density at radius 3 is 2.54 bits per heavy atom. The molecule has 0 saturated heterocycles. The van der Waals surface area contributed by atoms with Crippen LogP contribution in [0.25, 0.3) is 0 Å². The van der Waals surface area contributed by atoms with E-state index in [1.165, 1.54) is 0 Å². The molecular weight excluding hydrogens is 306 g/mol. The van der Waals surface area contributed by atoms with Crippen LogP contribution in [0, 0.1) is 0 Å². The highest BCUT2D eigenvalue weighted by Crippen LogP contribution is 2.15. The third-order valence-corrected chi connectivity index (χ3v) is 3.88. The Bertz CT molecular complexity index is 520. The lowest BCUT2D eigenvalue weighted by atomic mass is 10.1. The lowest BCUT2D eigenvalue weighted by molar-refractivity contribution is -0.141. The predicted molar refractivity (Wildman–Crippen MR) is 96.0 cm³/mol. The summed E-state index contributed by atoms with van der Waals surface area (Å²) in [5, 5.41) is 15.0. The standard InChI is InChI=1S/C18H29N3O3/c1-2-14-9-5-6-10-15(14)21-17(22)13-16(18(23)24)20-12-8-4-3-7-11-19/h5-6,9-10,16,20H,2-4,7-8,11-13,19H2,1H3,(H,21,22)(H,23,24)/t16-/m1/s1. The number of amides is 1. The number of nitrogens with two attached hydrogens (primary N) is 1. The summed E-state index contributed by atoms with van der Waals surface area (Å²) < 4.78 is 0. The fourth-order valence-electron chi connectivity index (χ4n) is 2.48. The summed E-state index contributed by atoms with van der Waals surface area (Å²) in [5.41, 5.74) is 7.21. The number of carboxylic acids is 1. The molecule has 0 bridgehead atoms. The van der Waals surface area contributed by atoms with Crippen LogP contribution in [-0.4, -0.2) is 36.1 Å². The highest BCUT2D eigenvalue weighted by Gasteiger charge is 2.20. The second-order valence-corrected chi connectivity index (χ2v) is 5.81. The van der Waals surface area contributed by atoms with Crippen molar-refractivity contribution in [2.75, 3.05) is 18.4 Å². The molecule has 0 aliphatic heterocycles. The molecule has 0 heterocycles. The number of nitrogens with one attached hydrogen (secondary N) is 2. The molecular formula is C18H29N3O3. The zero-order chi connectivity index (χ0) is 17.8. The molecule has 0 aliphatic rings. The first-order chi connectivity index (χ1) is 11.6. The molecule has 1 atom stereocenters. The van der Waals surface area contributed by atoms with E-state index in [1.54, 1.807) is 0 Å². The number of para-hydroxylation sites is 1. The number of carbonyl (C=O) groups excluding carboxylic acids is 1. The van der Waals surface area contributed by atoms with Gasteiger partial charge in [0.15, 0.2) is 0 Å². The number of unbranched alkanes of at least 4 members (excludes halogenated alkanes) is 3. The van der Waals surface area contributed by atoms with Gasteiger partial charge in [-0.15, -0.1) is 0 Å². The van der Waals surface area contributed by atoms with Gasteiger partial charge in [0.2, 0.25) is 5.91 Å². The zero-order valence-corrected chi connectivity index (χ0v) is 14.4. The van der Waals surface area contributed by atoms with Crippen molar-refractivity contribution in [2.45, 2.75) is 51.5 Å². The Kier molecular flexibility index (Phi) is 9.72. The van der Waals surface area contributed by atoms with Crippen LogP contribution in [0.3, 0.4) is 0 Å². The minimum atomic E-state index is -1.00. The number of rotatable bonds is 12. The number of aliphatic carboxylic acids is 1. The fourth-order valence-corrected chi connectivity index (χ4v) is 2.48. The first-order valence-electron chi connectivity index (χ1n) is 8.62. The van der Waals surface area contributed by atoms with Crippen LogP contribution < -0.4 is 16.4 Å². The SMILES string of the molecule is CCc1ccccc1NC(=O)C[C@@H](NCCCCCCN)C(=O)O. The molecule has 1 aromatic rings. The van der Waals surface area contributed by atoms with Crippen LogP contribution in [0.2, 0.25) is 0 Å². The van der Waals surface area contributed by atoms with E-state index in [0.717, 1.165) is 43.4 Å². The Morgan fingerprint density at radius 2 is 1.88 bits per heavy atom. The van der Waals surface area contributed by atoms with Gasteiger partial charge in [0.25, 0.3) is 0 Å². The van der Waals surface area contributed by atoms with Crippen LogP contribution in [0.4, 0.5) is 5.69 Å². The van der Waals surface area contributed by atoms with Crippen LogP contribution in [0.15, 0.2) is 24.3 Å². The van der Waals surface area contributed by atoms with Crippen molar-refractivity contribution in [3.8, 4) is 0 Å². The number of carboxylic acid groups (broad SMARTS) is 1. The van der Waals surface area contributed by atoms with E-state index >= 15 is 0 Å². The van der Waals surface area contributed by atoms with E-state index in [-0.39, 0.29) is 12.3 Å². The minimum absolute atomic E-state index is 0.0871. The summed E-state index contributed by atoms with van der Waals surface area (Å²) in [7, 11) is 0. The number of aryl methyl sites for hydroxylation is 1. The van der Waals surface area contributed by atoms with Crippen LogP contribution in [-0.2, 0) is 16.0 Å². The van der Waals surface area contributed by atoms with Crippen LogP contribution in [0.1, 0.15) is 44.6 Å². The molecule has 1 aromatic carbocycles. The monoisotopic (exact) mass is 335 g/mol. The average molecular weight is 335 g/mol. The van der Waals surface area contributed by atoms with Gasteiger partial charge in [0.05, 0.1) is 6.42 Å². The van der Waals surface area contributed by atoms with Gasteiger partial charge in [-0.05, 0) is 44.0 Å². The number of carbonyl (C=O) groups is 2. The summed E-state index contributed by atoms with van der Waals surface area (Å²) in [5.74, 6) is -1.30. The minimum Gasteiger partial charge on any atom is -0.480 e. The molecule has 134 valence electrons. The Balaban J connectivity index is 2.43. The Hall–Kier alpha value is -1.92. The predicted octanol–water partition coefficient (Wildman–Crippen LogP) is 2.14. The number of hydrogen-bond acceptors (Lipinski definition) is 4. The lowest BCUT2D eigenvalue weighted by Gasteiger charge is -2.15. The van der Waals surface area contributed by atoms with E-state index in [2.05, 4.69) is 10.6 Å². The maximum absolute atomic E-state index is 12.1. The van der Waals surface area contributed by atoms with Crippen molar-refractivity contribution in [1.29, 1.82) is 0 Å². The summed E-state index contributed by atoms with van der Waals surface area (Å²) in [6.45, 7) is 3.28. The molecule has 24 heavy (non-hydrogen) atoms. The molecule has 0 aliphatic carbocycles. The van der Waals surface area contributed by atoms with Crippen molar-refractivity contribution in [3.63, 3.8) is 0 Å². The van der Waals surface area contributed by atoms with Crippen molar-refractivity contribution in [2.24, 2.45) is 5.73 Å². The molecule has 0 unspecified atom stereocenters. The van der Waals surface area contributed by atoms with Crippen molar-refractivity contribution in [1.82, 2.24) is 5.32 Å². The smallest absolute Gasteiger partial charge is 0.321 e. The molecule has 1 rings (SSSR count). The second-order valence-electron chi connectivity index (χ2n) is 5.81. The number of benzene rings is 1. The van der Waals surface area contributed by atoms with Crippen LogP contribution >= 0.6 is 0 Å². The highest BCUT2D eigenvalue weighted by atomic mass is 16.4. The fraction of sp³-hybridized carbons (Fsp3) is 0.556. The molecule has 1 amide bonds. The summed E-state index contributed by atoms with van der Waals surface area (Å²) in [6, 6.07) is 6.68. The topological polar surface area (TPSA) is 104 Å². The van der Waals surface area contributed by atoms with E-state index in [0.29, 0.717) is 13.1 Å². The van der Waals surface area contributed by atoms with E-state index in [9.17, 15) is 14.7 Å². The van der Waals surface area contributed by atoms with E-state index < -0.39 is 12.0 Å². The average Bonchev–Trinajstić information content (AvgIpc) is 2.57. The van der Waals surface area contributed by atoms with Gasteiger partial charge < -0.3 is 21.5 Å². The van der Waals surface area contributed by atoms with E-state index in [1.807, 2.05) is 31.2 Å². The van der Waals surface area contributed by atoms with Crippen molar-refractivity contribution >= 4 is 17.6 Å². The normalized spacial score (nSPS) is 11.9. The molecule has 0 saturated carbocycles. The van der Waals surface area contributed by atoms with Gasteiger partial charge in [0.1, 0.15) is 6.04 Å². The molecule has 5 N–H and O–H groups in total. The molecule has 0 aromatic heterocycles. The van der Waals surface area contributed by atoms with Gasteiger partial charge >= 0.3 is 5.97 Å². The van der Waals surface area contributed by atoms with Crippen molar-refractivity contribution in [3.05, 3.63) is 29.8 Å². The molecule has 6 heteroatoms. The first kappa shape index (κ1) is 20.1. The maximum atomic E-state index is 12.1. The maximum Gasteiger partial charge on any atom is 0.321 e. The lowest BCUT2D eigenvalue weighted by Crippen LogP contribution is -2.40. The third-order valence-electron chi connectivity index (χ3n) is 3.88.